The summed E-state index contributed by atoms with van der Waals surface area (Å²) in [6.45, 7) is 1.52. The van der Waals surface area contributed by atoms with Crippen LogP contribution in [0.3, 0.4) is 0 Å². The predicted octanol–water partition coefficient (Wildman–Crippen LogP) is 2.80. The summed E-state index contributed by atoms with van der Waals surface area (Å²) in [6.07, 6.45) is -1.24. The average Bonchev–Trinajstić information content (AvgIpc) is 2.62. The number of nitriles is 1. The number of hydrogen-bond donors (Lipinski definition) is 2. The molecule has 134 valence electrons. The summed E-state index contributed by atoms with van der Waals surface area (Å²) in [5.41, 5.74) is 0.944. The molecule has 0 fully saturated rings. The molecule has 0 aliphatic carbocycles. The number of nitrogens with one attached hydrogen (secondary N) is 1. The van der Waals surface area contributed by atoms with Crippen molar-refractivity contribution in [1.82, 2.24) is 5.32 Å². The summed E-state index contributed by atoms with van der Waals surface area (Å²) in [4.78, 5) is 23.4. The number of carbonyl (C=O) groups is 2. The molecule has 2 aromatic rings. The second-order valence-corrected chi connectivity index (χ2v) is 5.61. The molecule has 0 aromatic heterocycles. The van der Waals surface area contributed by atoms with Crippen LogP contribution in [-0.4, -0.2) is 23.1 Å². The second-order valence-electron chi connectivity index (χ2n) is 5.61. The topological polar surface area (TPSA) is 99.4 Å². The van der Waals surface area contributed by atoms with Crippen LogP contribution in [0.5, 0.6) is 5.75 Å². The quantitative estimate of drug-likeness (QED) is 0.795. The van der Waals surface area contributed by atoms with Gasteiger partial charge in [0.2, 0.25) is 0 Å². The van der Waals surface area contributed by atoms with Crippen LogP contribution in [0.15, 0.2) is 48.5 Å². The Morgan fingerprint density at radius 1 is 1.19 bits per heavy atom. The Morgan fingerprint density at radius 3 is 2.35 bits per heavy atom. The van der Waals surface area contributed by atoms with E-state index in [-0.39, 0.29) is 6.42 Å². The molecule has 7 heteroatoms. The lowest BCUT2D eigenvalue weighted by Gasteiger charge is -2.21. The highest BCUT2D eigenvalue weighted by Crippen LogP contribution is 2.19. The first kappa shape index (κ1) is 18.9. The molecular weight excluding hydrogens is 339 g/mol. The van der Waals surface area contributed by atoms with Crippen molar-refractivity contribution in [2.45, 2.75) is 25.5 Å². The monoisotopic (exact) mass is 356 g/mol. The van der Waals surface area contributed by atoms with Gasteiger partial charge in [0.25, 0.3) is 5.91 Å². The number of hydrogen-bond acceptors (Lipinski definition) is 4. The normalized spacial score (nSPS) is 12.5. The fourth-order valence-corrected chi connectivity index (χ4v) is 2.28. The molecule has 2 aromatic carbocycles. The first-order valence-corrected chi connectivity index (χ1v) is 7.83. The average molecular weight is 356 g/mol. The molecule has 0 saturated heterocycles. The summed E-state index contributed by atoms with van der Waals surface area (Å²) in [6, 6.07) is 12.7. The molecule has 0 radical (unpaired) electrons. The van der Waals surface area contributed by atoms with Crippen molar-refractivity contribution in [2.75, 3.05) is 0 Å². The van der Waals surface area contributed by atoms with Crippen molar-refractivity contribution < 1.29 is 23.8 Å². The van der Waals surface area contributed by atoms with Gasteiger partial charge in [-0.05, 0) is 48.9 Å². The second kappa shape index (κ2) is 8.62. The minimum atomic E-state index is -1.10. The van der Waals surface area contributed by atoms with Crippen molar-refractivity contribution in [2.24, 2.45) is 0 Å². The number of rotatable bonds is 7. The first-order valence-electron chi connectivity index (χ1n) is 7.83. The van der Waals surface area contributed by atoms with Crippen molar-refractivity contribution >= 4 is 11.9 Å². The molecule has 2 atom stereocenters. The van der Waals surface area contributed by atoms with E-state index in [2.05, 4.69) is 5.32 Å². The largest absolute Gasteiger partial charge is 0.481 e. The van der Waals surface area contributed by atoms with Gasteiger partial charge in [-0.25, -0.2) is 4.39 Å². The standard InChI is InChI=1S/C19H17FN2O4/c1-12(26-16-8-2-13(11-21)3-9-16)19(25)22-17(10-18(23)24)14-4-6-15(20)7-5-14/h2-9,12,17H,10H2,1H3,(H,22,25)(H,23,24). The van der Waals surface area contributed by atoms with E-state index in [1.165, 1.54) is 31.2 Å². The third-order valence-corrected chi connectivity index (χ3v) is 3.63. The molecule has 26 heavy (non-hydrogen) atoms. The molecule has 2 unspecified atom stereocenters. The van der Waals surface area contributed by atoms with E-state index in [1.54, 1.807) is 24.3 Å². The number of ether oxygens (including phenoxy) is 1. The van der Waals surface area contributed by atoms with E-state index in [0.29, 0.717) is 16.9 Å². The number of aliphatic carboxylic acids is 1. The van der Waals surface area contributed by atoms with Crippen LogP contribution in [0.2, 0.25) is 0 Å². The number of carboxylic acid groups (broad SMARTS) is 1. The van der Waals surface area contributed by atoms with Gasteiger partial charge in [-0.15, -0.1) is 0 Å². The molecule has 0 bridgehead atoms. The lowest BCUT2D eigenvalue weighted by Crippen LogP contribution is -2.39. The zero-order valence-corrected chi connectivity index (χ0v) is 14.0. The predicted molar refractivity (Wildman–Crippen MR) is 90.8 cm³/mol. The van der Waals surface area contributed by atoms with Gasteiger partial charge in [0.15, 0.2) is 6.10 Å². The summed E-state index contributed by atoms with van der Waals surface area (Å²) >= 11 is 0. The Bertz CT molecular complexity index is 813. The van der Waals surface area contributed by atoms with E-state index >= 15 is 0 Å². The van der Waals surface area contributed by atoms with Gasteiger partial charge in [-0.2, -0.15) is 5.26 Å². The molecule has 2 N–H and O–H groups in total. The highest BCUT2D eigenvalue weighted by molar-refractivity contribution is 5.82. The number of halogens is 1. The maximum absolute atomic E-state index is 13.1. The fraction of sp³-hybridized carbons (Fsp3) is 0.211. The van der Waals surface area contributed by atoms with E-state index in [9.17, 15) is 14.0 Å². The Kier molecular flexibility index (Phi) is 6.28. The number of nitrogens with zero attached hydrogens (tertiary/aromatic N) is 1. The number of benzene rings is 2. The zero-order chi connectivity index (χ0) is 19.1. The SMILES string of the molecule is CC(Oc1ccc(C#N)cc1)C(=O)NC(CC(=O)O)c1ccc(F)cc1. The van der Waals surface area contributed by atoms with Crippen LogP contribution in [0, 0.1) is 17.1 Å². The van der Waals surface area contributed by atoms with Crippen LogP contribution in [-0.2, 0) is 9.59 Å². The van der Waals surface area contributed by atoms with Crippen molar-refractivity contribution in [3.63, 3.8) is 0 Å². The smallest absolute Gasteiger partial charge is 0.305 e. The summed E-state index contributed by atoms with van der Waals surface area (Å²) in [7, 11) is 0. The minimum Gasteiger partial charge on any atom is -0.481 e. The minimum absolute atomic E-state index is 0.346. The van der Waals surface area contributed by atoms with Gasteiger partial charge in [0.05, 0.1) is 24.1 Å². The number of carbonyl (C=O) groups excluding carboxylic acids is 1. The third-order valence-electron chi connectivity index (χ3n) is 3.63. The lowest BCUT2D eigenvalue weighted by molar-refractivity contribution is -0.138. The zero-order valence-electron chi connectivity index (χ0n) is 14.0. The highest BCUT2D eigenvalue weighted by atomic mass is 19.1. The molecule has 0 saturated carbocycles. The Morgan fingerprint density at radius 2 is 1.81 bits per heavy atom. The van der Waals surface area contributed by atoms with Crippen LogP contribution < -0.4 is 10.1 Å². The van der Waals surface area contributed by atoms with E-state index in [1.807, 2.05) is 6.07 Å². The van der Waals surface area contributed by atoms with Crippen LogP contribution in [0.1, 0.15) is 30.5 Å². The molecule has 0 aliphatic rings. The summed E-state index contributed by atoms with van der Waals surface area (Å²) < 4.78 is 18.6. The van der Waals surface area contributed by atoms with Gasteiger partial charge in [-0.1, -0.05) is 12.1 Å². The maximum Gasteiger partial charge on any atom is 0.305 e. The maximum atomic E-state index is 13.1. The van der Waals surface area contributed by atoms with Crippen LogP contribution in [0.25, 0.3) is 0 Å². The highest BCUT2D eigenvalue weighted by Gasteiger charge is 2.22. The number of carboxylic acids is 1. The van der Waals surface area contributed by atoms with E-state index in [4.69, 9.17) is 15.1 Å². The number of amides is 1. The van der Waals surface area contributed by atoms with Crippen molar-refractivity contribution in [3.8, 4) is 11.8 Å². The third kappa shape index (κ3) is 5.31. The van der Waals surface area contributed by atoms with Gasteiger partial charge in [0.1, 0.15) is 11.6 Å². The molecule has 1 amide bonds. The van der Waals surface area contributed by atoms with Crippen molar-refractivity contribution in [3.05, 3.63) is 65.5 Å². The summed E-state index contributed by atoms with van der Waals surface area (Å²) in [5, 5.41) is 20.4. The van der Waals surface area contributed by atoms with E-state index in [0.717, 1.165) is 0 Å². The molecule has 6 nitrogen and oxygen atoms in total. The van der Waals surface area contributed by atoms with Gasteiger partial charge >= 0.3 is 5.97 Å². The van der Waals surface area contributed by atoms with Crippen LogP contribution >= 0.6 is 0 Å². The van der Waals surface area contributed by atoms with Gasteiger partial charge in [-0.3, -0.25) is 9.59 Å². The Labute approximate surface area is 149 Å². The fourth-order valence-electron chi connectivity index (χ4n) is 2.28. The molecular formula is C19H17FN2O4. The lowest BCUT2D eigenvalue weighted by atomic mass is 10.0. The molecule has 0 aliphatic heterocycles. The van der Waals surface area contributed by atoms with E-state index < -0.39 is 29.8 Å². The van der Waals surface area contributed by atoms with Crippen molar-refractivity contribution in [1.29, 1.82) is 5.26 Å². The molecule has 2 rings (SSSR count). The molecule has 0 heterocycles. The van der Waals surface area contributed by atoms with Gasteiger partial charge < -0.3 is 15.2 Å². The van der Waals surface area contributed by atoms with Crippen LogP contribution in [0.4, 0.5) is 4.39 Å². The first-order chi connectivity index (χ1) is 12.4. The molecule has 0 spiro atoms. The Balaban J connectivity index is 2.06. The Hall–Kier alpha value is -3.40. The van der Waals surface area contributed by atoms with Gasteiger partial charge in [0, 0.05) is 0 Å². The summed E-state index contributed by atoms with van der Waals surface area (Å²) in [5.74, 6) is -1.65.